The zero-order chi connectivity index (χ0) is 15.2. The van der Waals surface area contributed by atoms with E-state index in [9.17, 15) is 14.9 Å². The topological polar surface area (TPSA) is 116 Å². The molecule has 0 spiro atoms. The molecule has 108 valence electrons. The molecular formula is C13H13N5O3. The van der Waals surface area contributed by atoms with Crippen molar-refractivity contribution in [2.45, 2.75) is 6.54 Å². The molecule has 0 fully saturated rings. The van der Waals surface area contributed by atoms with E-state index < -0.39 is 11.0 Å². The first-order valence-electron chi connectivity index (χ1n) is 6.04. The van der Waals surface area contributed by atoms with Crippen molar-refractivity contribution < 1.29 is 9.72 Å². The molecule has 0 saturated heterocycles. The molecule has 0 aliphatic rings. The minimum Gasteiger partial charge on any atom is -0.350 e. The number of nitrogens with two attached hydrogens (primary N) is 1. The van der Waals surface area contributed by atoms with Crippen molar-refractivity contribution >= 4 is 17.9 Å². The molecule has 0 unspecified atom stereocenters. The van der Waals surface area contributed by atoms with E-state index in [1.807, 2.05) is 0 Å². The predicted octanol–water partition coefficient (Wildman–Crippen LogP) is 1.45. The van der Waals surface area contributed by atoms with Crippen LogP contribution >= 0.6 is 0 Å². The Morgan fingerprint density at radius 1 is 1.38 bits per heavy atom. The van der Waals surface area contributed by atoms with Crippen LogP contribution in [0.2, 0.25) is 0 Å². The molecule has 1 aromatic carbocycles. The summed E-state index contributed by atoms with van der Waals surface area (Å²) in [5.74, 6) is 0. The number of para-hydroxylation sites is 1. The molecule has 1 aromatic heterocycles. The molecule has 0 aliphatic carbocycles. The number of carbonyl (C=O) groups is 1. The number of benzene rings is 1. The Morgan fingerprint density at radius 2 is 2.14 bits per heavy atom. The van der Waals surface area contributed by atoms with Crippen LogP contribution in [0, 0.1) is 10.1 Å². The minimum atomic E-state index is -0.761. The smallest absolute Gasteiger partial charge is 0.332 e. The van der Waals surface area contributed by atoms with E-state index in [0.29, 0.717) is 17.8 Å². The average molecular weight is 287 g/mol. The Kier molecular flexibility index (Phi) is 4.30. The molecule has 2 amide bonds. The summed E-state index contributed by atoms with van der Waals surface area (Å²) in [5.41, 5.74) is 8.31. The van der Waals surface area contributed by atoms with Gasteiger partial charge in [0.25, 0.3) is 5.69 Å². The monoisotopic (exact) mass is 287 g/mol. The van der Waals surface area contributed by atoms with E-state index in [-0.39, 0.29) is 5.69 Å². The number of rotatable bonds is 5. The highest BCUT2D eigenvalue weighted by Crippen LogP contribution is 2.19. The van der Waals surface area contributed by atoms with E-state index >= 15 is 0 Å². The maximum atomic E-state index is 11.0. The van der Waals surface area contributed by atoms with Gasteiger partial charge in [0.05, 0.1) is 23.4 Å². The Bertz CT molecular complexity index is 693. The molecule has 0 aliphatic heterocycles. The number of nitrogens with one attached hydrogen (secondary N) is 1. The van der Waals surface area contributed by atoms with E-state index in [0.717, 1.165) is 0 Å². The van der Waals surface area contributed by atoms with Gasteiger partial charge in [-0.05, 0) is 12.1 Å². The fourth-order valence-corrected chi connectivity index (χ4v) is 1.86. The van der Waals surface area contributed by atoms with Gasteiger partial charge in [-0.1, -0.05) is 18.2 Å². The van der Waals surface area contributed by atoms with Gasteiger partial charge >= 0.3 is 6.03 Å². The molecule has 0 radical (unpaired) electrons. The molecule has 8 heteroatoms. The van der Waals surface area contributed by atoms with Gasteiger partial charge in [0.2, 0.25) is 0 Å². The predicted molar refractivity (Wildman–Crippen MR) is 76.9 cm³/mol. The molecule has 2 aromatic rings. The van der Waals surface area contributed by atoms with Gasteiger partial charge in [-0.25, -0.2) is 10.2 Å². The summed E-state index contributed by atoms with van der Waals surface area (Å²) in [6.45, 7) is 0.322. The van der Waals surface area contributed by atoms with Crippen LogP contribution in [0.1, 0.15) is 11.3 Å². The largest absolute Gasteiger partial charge is 0.350 e. The maximum absolute atomic E-state index is 11.0. The van der Waals surface area contributed by atoms with Crippen LogP contribution in [-0.2, 0) is 6.54 Å². The first-order valence-corrected chi connectivity index (χ1v) is 6.04. The Labute approximate surface area is 120 Å². The van der Waals surface area contributed by atoms with Gasteiger partial charge in [0, 0.05) is 17.8 Å². The van der Waals surface area contributed by atoms with Crippen LogP contribution in [-0.4, -0.2) is 21.7 Å². The second-order valence-electron chi connectivity index (χ2n) is 4.18. The lowest BCUT2D eigenvalue weighted by Crippen LogP contribution is -2.24. The number of primary amides is 1. The van der Waals surface area contributed by atoms with Gasteiger partial charge in [-0.3, -0.25) is 10.1 Å². The third kappa shape index (κ3) is 3.66. The van der Waals surface area contributed by atoms with Crippen molar-refractivity contribution in [3.8, 4) is 0 Å². The Hall–Kier alpha value is -3.16. The summed E-state index contributed by atoms with van der Waals surface area (Å²) in [5, 5.41) is 14.7. The second-order valence-corrected chi connectivity index (χ2v) is 4.18. The highest BCUT2D eigenvalue weighted by molar-refractivity contribution is 5.79. The number of hydrogen-bond acceptors (Lipinski definition) is 4. The normalized spacial score (nSPS) is 10.7. The highest BCUT2D eigenvalue weighted by atomic mass is 16.6. The van der Waals surface area contributed by atoms with E-state index in [4.69, 9.17) is 5.73 Å². The van der Waals surface area contributed by atoms with E-state index in [1.165, 1.54) is 12.3 Å². The minimum absolute atomic E-state index is 0.0596. The number of urea groups is 1. The van der Waals surface area contributed by atoms with Crippen LogP contribution in [0.15, 0.2) is 47.7 Å². The number of nitro groups is 1. The van der Waals surface area contributed by atoms with E-state index in [2.05, 4.69) is 10.5 Å². The van der Waals surface area contributed by atoms with Crippen molar-refractivity contribution in [2.75, 3.05) is 0 Å². The number of carbonyl (C=O) groups excluding carboxylic acids is 1. The maximum Gasteiger partial charge on any atom is 0.332 e. The molecule has 0 atom stereocenters. The van der Waals surface area contributed by atoms with Gasteiger partial charge < -0.3 is 10.3 Å². The highest BCUT2D eigenvalue weighted by Gasteiger charge is 2.13. The number of hydrazone groups is 1. The molecular weight excluding hydrogens is 274 g/mol. The number of nitro benzene ring substituents is 1. The van der Waals surface area contributed by atoms with Crippen molar-refractivity contribution in [3.63, 3.8) is 0 Å². The van der Waals surface area contributed by atoms with Gasteiger partial charge in [0.15, 0.2) is 0 Å². The summed E-state index contributed by atoms with van der Waals surface area (Å²) in [6.07, 6.45) is 3.18. The molecule has 21 heavy (non-hydrogen) atoms. The van der Waals surface area contributed by atoms with Crippen LogP contribution in [0.4, 0.5) is 10.5 Å². The zero-order valence-corrected chi connectivity index (χ0v) is 11.0. The van der Waals surface area contributed by atoms with Crippen LogP contribution in [0.5, 0.6) is 0 Å². The second kappa shape index (κ2) is 6.33. The van der Waals surface area contributed by atoms with Crippen molar-refractivity contribution in [3.05, 3.63) is 64.0 Å². The van der Waals surface area contributed by atoms with Crippen LogP contribution in [0.3, 0.4) is 0 Å². The van der Waals surface area contributed by atoms with E-state index in [1.54, 1.807) is 41.1 Å². The summed E-state index contributed by atoms with van der Waals surface area (Å²) in [6, 6.07) is 9.30. The molecule has 0 saturated carbocycles. The quantitative estimate of drug-likeness (QED) is 0.492. The number of aromatic nitrogens is 1. The molecule has 3 N–H and O–H groups in total. The van der Waals surface area contributed by atoms with Gasteiger partial charge in [-0.15, -0.1) is 0 Å². The molecule has 8 nitrogen and oxygen atoms in total. The first-order chi connectivity index (χ1) is 10.1. The van der Waals surface area contributed by atoms with Gasteiger partial charge in [-0.2, -0.15) is 5.10 Å². The van der Waals surface area contributed by atoms with Gasteiger partial charge in [0.1, 0.15) is 0 Å². The van der Waals surface area contributed by atoms with Crippen molar-refractivity contribution in [1.29, 1.82) is 0 Å². The van der Waals surface area contributed by atoms with Crippen molar-refractivity contribution in [1.82, 2.24) is 9.99 Å². The lowest BCUT2D eigenvalue weighted by Gasteiger charge is -2.07. The standard InChI is InChI=1S/C13H13N5O3/c14-13(19)16-15-8-11-5-3-7-17(11)9-10-4-1-2-6-12(10)18(20)21/h1-8H,9H2,(H3,14,16,19)/b15-8+. The Balaban J connectivity index is 2.22. The number of hydrogen-bond donors (Lipinski definition) is 2. The average Bonchev–Trinajstić information content (AvgIpc) is 2.86. The fourth-order valence-electron chi connectivity index (χ4n) is 1.86. The summed E-state index contributed by atoms with van der Waals surface area (Å²) >= 11 is 0. The lowest BCUT2D eigenvalue weighted by atomic mass is 10.2. The first kappa shape index (κ1) is 14.3. The molecule has 1 heterocycles. The van der Waals surface area contributed by atoms with Crippen LogP contribution < -0.4 is 11.2 Å². The SMILES string of the molecule is NC(=O)N/N=C/c1cccn1Cc1ccccc1[N+](=O)[O-]. The zero-order valence-electron chi connectivity index (χ0n) is 11.0. The number of amides is 2. The third-order valence-electron chi connectivity index (χ3n) is 2.77. The third-order valence-corrected chi connectivity index (χ3v) is 2.77. The lowest BCUT2D eigenvalue weighted by molar-refractivity contribution is -0.385. The summed E-state index contributed by atoms with van der Waals surface area (Å²) in [7, 11) is 0. The van der Waals surface area contributed by atoms with Crippen molar-refractivity contribution in [2.24, 2.45) is 10.8 Å². The molecule has 0 bridgehead atoms. The van der Waals surface area contributed by atoms with Crippen LogP contribution in [0.25, 0.3) is 0 Å². The molecule has 2 rings (SSSR count). The fraction of sp³-hybridized carbons (Fsp3) is 0.0769. The summed E-state index contributed by atoms with van der Waals surface area (Å²) < 4.78 is 1.77. The Morgan fingerprint density at radius 3 is 2.86 bits per heavy atom. The summed E-state index contributed by atoms with van der Waals surface area (Å²) in [4.78, 5) is 21.1. The number of nitrogens with zero attached hydrogens (tertiary/aromatic N) is 3.